The van der Waals surface area contributed by atoms with Gasteiger partial charge in [0, 0.05) is 12.6 Å². The molecule has 2 rings (SSSR count). The summed E-state index contributed by atoms with van der Waals surface area (Å²) >= 11 is 0. The standard InChI is InChI=1S/C14H22N2O3S/c1-9-6-13(15)14(7-10(9)2)20(17,18)16-12-4-5-19-11(3)8-12/h6-7,11-12,16H,4-5,8,15H2,1-3H3. The first-order valence-electron chi connectivity index (χ1n) is 6.80. The summed E-state index contributed by atoms with van der Waals surface area (Å²) in [6.07, 6.45) is 1.45. The molecule has 0 aliphatic carbocycles. The lowest BCUT2D eigenvalue weighted by Gasteiger charge is -2.28. The highest BCUT2D eigenvalue weighted by atomic mass is 32.2. The van der Waals surface area contributed by atoms with E-state index in [4.69, 9.17) is 10.5 Å². The molecule has 5 nitrogen and oxygen atoms in total. The molecule has 0 radical (unpaired) electrons. The molecular formula is C14H22N2O3S. The molecule has 20 heavy (non-hydrogen) atoms. The summed E-state index contributed by atoms with van der Waals surface area (Å²) in [6.45, 7) is 6.32. The summed E-state index contributed by atoms with van der Waals surface area (Å²) in [6, 6.07) is 3.25. The smallest absolute Gasteiger partial charge is 0.242 e. The third-order valence-electron chi connectivity index (χ3n) is 3.72. The van der Waals surface area contributed by atoms with Crippen molar-refractivity contribution >= 4 is 15.7 Å². The SMILES string of the molecule is Cc1cc(N)c(S(=O)(=O)NC2CCOC(C)C2)cc1C. The highest BCUT2D eigenvalue weighted by Gasteiger charge is 2.26. The molecule has 0 saturated carbocycles. The maximum absolute atomic E-state index is 12.5. The zero-order valence-corrected chi connectivity index (χ0v) is 13.0. The van der Waals surface area contributed by atoms with Gasteiger partial charge in [0.1, 0.15) is 4.90 Å². The number of benzene rings is 1. The van der Waals surface area contributed by atoms with Crippen molar-refractivity contribution in [1.29, 1.82) is 0 Å². The van der Waals surface area contributed by atoms with Crippen LogP contribution in [0.4, 0.5) is 5.69 Å². The zero-order valence-electron chi connectivity index (χ0n) is 12.1. The van der Waals surface area contributed by atoms with E-state index in [0.29, 0.717) is 25.1 Å². The molecule has 1 aliphatic rings. The van der Waals surface area contributed by atoms with Gasteiger partial charge in [-0.15, -0.1) is 0 Å². The second kappa shape index (κ2) is 5.71. The van der Waals surface area contributed by atoms with Crippen molar-refractivity contribution in [3.63, 3.8) is 0 Å². The lowest BCUT2D eigenvalue weighted by Crippen LogP contribution is -2.41. The number of anilines is 1. The van der Waals surface area contributed by atoms with Gasteiger partial charge in [0.2, 0.25) is 10.0 Å². The van der Waals surface area contributed by atoms with Crippen LogP contribution in [0.15, 0.2) is 17.0 Å². The first-order chi connectivity index (χ1) is 9.29. The van der Waals surface area contributed by atoms with E-state index in [9.17, 15) is 8.42 Å². The maximum Gasteiger partial charge on any atom is 0.242 e. The van der Waals surface area contributed by atoms with Gasteiger partial charge < -0.3 is 10.5 Å². The van der Waals surface area contributed by atoms with Crippen LogP contribution in [-0.4, -0.2) is 27.2 Å². The zero-order chi connectivity index (χ0) is 14.9. The molecule has 0 amide bonds. The number of ether oxygens (including phenoxy) is 1. The highest BCUT2D eigenvalue weighted by molar-refractivity contribution is 7.89. The van der Waals surface area contributed by atoms with Gasteiger partial charge in [0.15, 0.2) is 0 Å². The van der Waals surface area contributed by atoms with Crippen molar-refractivity contribution < 1.29 is 13.2 Å². The van der Waals surface area contributed by atoms with Crippen LogP contribution in [-0.2, 0) is 14.8 Å². The molecule has 2 unspecified atom stereocenters. The lowest BCUT2D eigenvalue weighted by molar-refractivity contribution is 0.0173. The van der Waals surface area contributed by atoms with Gasteiger partial charge in [-0.1, -0.05) is 0 Å². The summed E-state index contributed by atoms with van der Waals surface area (Å²) in [7, 11) is -3.58. The largest absolute Gasteiger partial charge is 0.398 e. The monoisotopic (exact) mass is 298 g/mol. The Morgan fingerprint density at radius 1 is 1.30 bits per heavy atom. The molecule has 1 saturated heterocycles. The molecule has 0 spiro atoms. The molecule has 112 valence electrons. The summed E-state index contributed by atoms with van der Waals surface area (Å²) in [5.74, 6) is 0. The Morgan fingerprint density at radius 3 is 2.60 bits per heavy atom. The van der Waals surface area contributed by atoms with Crippen LogP contribution >= 0.6 is 0 Å². The van der Waals surface area contributed by atoms with E-state index in [2.05, 4.69) is 4.72 Å². The van der Waals surface area contributed by atoms with Gasteiger partial charge in [-0.05, 0) is 56.9 Å². The minimum Gasteiger partial charge on any atom is -0.398 e. The van der Waals surface area contributed by atoms with Crippen LogP contribution in [0.2, 0.25) is 0 Å². The second-order valence-electron chi connectivity index (χ2n) is 5.50. The Kier molecular flexibility index (Phi) is 4.36. The minimum atomic E-state index is -3.58. The summed E-state index contributed by atoms with van der Waals surface area (Å²) in [5.41, 5.74) is 8.06. The Morgan fingerprint density at radius 2 is 1.95 bits per heavy atom. The van der Waals surface area contributed by atoms with Gasteiger partial charge in [0.25, 0.3) is 0 Å². The molecule has 0 aromatic heterocycles. The Bertz CT molecular complexity index is 599. The van der Waals surface area contributed by atoms with Crippen LogP contribution in [0, 0.1) is 13.8 Å². The molecule has 1 heterocycles. The average molecular weight is 298 g/mol. The fraction of sp³-hybridized carbons (Fsp3) is 0.571. The van der Waals surface area contributed by atoms with Crippen molar-refractivity contribution in [3.8, 4) is 0 Å². The van der Waals surface area contributed by atoms with Gasteiger partial charge in [-0.25, -0.2) is 13.1 Å². The van der Waals surface area contributed by atoms with E-state index in [-0.39, 0.29) is 17.0 Å². The molecule has 0 bridgehead atoms. The molecular weight excluding hydrogens is 276 g/mol. The van der Waals surface area contributed by atoms with E-state index in [0.717, 1.165) is 11.1 Å². The topological polar surface area (TPSA) is 81.4 Å². The predicted molar refractivity (Wildman–Crippen MR) is 79.1 cm³/mol. The van der Waals surface area contributed by atoms with E-state index in [1.54, 1.807) is 12.1 Å². The summed E-state index contributed by atoms with van der Waals surface area (Å²) < 4.78 is 33.1. The molecule has 1 fully saturated rings. The van der Waals surface area contributed by atoms with Crippen LogP contribution in [0.3, 0.4) is 0 Å². The second-order valence-corrected chi connectivity index (χ2v) is 7.18. The van der Waals surface area contributed by atoms with E-state index < -0.39 is 10.0 Å². The quantitative estimate of drug-likeness (QED) is 0.833. The van der Waals surface area contributed by atoms with Crippen LogP contribution in [0.25, 0.3) is 0 Å². The lowest BCUT2D eigenvalue weighted by atomic mass is 10.1. The molecule has 3 N–H and O–H groups in total. The summed E-state index contributed by atoms with van der Waals surface area (Å²) in [5, 5.41) is 0. The van der Waals surface area contributed by atoms with Crippen LogP contribution in [0.1, 0.15) is 30.9 Å². The van der Waals surface area contributed by atoms with Crippen molar-refractivity contribution in [2.24, 2.45) is 0 Å². The van der Waals surface area contributed by atoms with Gasteiger partial charge in [0.05, 0.1) is 11.8 Å². The first-order valence-corrected chi connectivity index (χ1v) is 8.28. The Hall–Kier alpha value is -1.11. The van der Waals surface area contributed by atoms with Gasteiger partial charge in [-0.3, -0.25) is 0 Å². The number of nitrogens with two attached hydrogens (primary N) is 1. The first kappa shape index (κ1) is 15.3. The summed E-state index contributed by atoms with van der Waals surface area (Å²) in [4.78, 5) is 0.166. The third kappa shape index (κ3) is 3.31. The van der Waals surface area contributed by atoms with E-state index in [1.165, 1.54) is 0 Å². The fourth-order valence-corrected chi connectivity index (χ4v) is 3.91. The molecule has 1 aromatic carbocycles. The number of nitrogens with one attached hydrogen (secondary N) is 1. The molecule has 2 atom stereocenters. The fourth-order valence-electron chi connectivity index (χ4n) is 2.43. The predicted octanol–water partition coefficient (Wildman–Crippen LogP) is 1.73. The Labute approximate surface area is 120 Å². The van der Waals surface area contributed by atoms with Crippen molar-refractivity contribution in [1.82, 2.24) is 4.72 Å². The van der Waals surface area contributed by atoms with Crippen LogP contribution in [0.5, 0.6) is 0 Å². The molecule has 6 heteroatoms. The number of hydrogen-bond donors (Lipinski definition) is 2. The van der Waals surface area contributed by atoms with Crippen molar-refractivity contribution in [2.75, 3.05) is 12.3 Å². The molecule has 1 aromatic rings. The number of aryl methyl sites for hydroxylation is 2. The third-order valence-corrected chi connectivity index (χ3v) is 5.30. The number of hydrogen-bond acceptors (Lipinski definition) is 4. The average Bonchev–Trinajstić information content (AvgIpc) is 2.33. The number of rotatable bonds is 3. The number of nitrogen functional groups attached to an aromatic ring is 1. The molecule has 1 aliphatic heterocycles. The highest BCUT2D eigenvalue weighted by Crippen LogP contribution is 2.24. The minimum absolute atomic E-state index is 0.0774. The van der Waals surface area contributed by atoms with Crippen LogP contribution < -0.4 is 10.5 Å². The van der Waals surface area contributed by atoms with E-state index >= 15 is 0 Å². The van der Waals surface area contributed by atoms with Crippen molar-refractivity contribution in [2.45, 2.75) is 50.7 Å². The Balaban J connectivity index is 2.24. The number of sulfonamides is 1. The van der Waals surface area contributed by atoms with E-state index in [1.807, 2.05) is 20.8 Å². The van der Waals surface area contributed by atoms with Crippen molar-refractivity contribution in [3.05, 3.63) is 23.3 Å². The van der Waals surface area contributed by atoms with Gasteiger partial charge in [-0.2, -0.15) is 0 Å². The van der Waals surface area contributed by atoms with Gasteiger partial charge >= 0.3 is 0 Å². The normalized spacial score (nSPS) is 23.8. The maximum atomic E-state index is 12.5.